The highest BCUT2D eigenvalue weighted by atomic mass is 16.5. The van der Waals surface area contributed by atoms with E-state index < -0.39 is 0 Å². The van der Waals surface area contributed by atoms with Crippen LogP contribution in [0.4, 0.5) is 11.5 Å². The van der Waals surface area contributed by atoms with Gasteiger partial charge in [0.1, 0.15) is 5.82 Å². The van der Waals surface area contributed by atoms with Crippen LogP contribution in [0.5, 0.6) is 5.75 Å². The van der Waals surface area contributed by atoms with Gasteiger partial charge in [-0.3, -0.25) is 4.79 Å². The van der Waals surface area contributed by atoms with Crippen LogP contribution < -0.4 is 15.8 Å². The second-order valence-electron chi connectivity index (χ2n) is 4.28. The minimum Gasteiger partial charge on any atom is -0.491 e. The molecule has 0 aliphatic heterocycles. The first-order chi connectivity index (χ1) is 9.63. The number of benzene rings is 1. The molecule has 1 heterocycles. The van der Waals surface area contributed by atoms with E-state index in [-0.39, 0.29) is 5.91 Å². The van der Waals surface area contributed by atoms with Crippen molar-refractivity contribution < 1.29 is 9.53 Å². The van der Waals surface area contributed by atoms with Gasteiger partial charge in [-0.1, -0.05) is 12.1 Å². The van der Waals surface area contributed by atoms with E-state index in [2.05, 4.69) is 10.3 Å². The van der Waals surface area contributed by atoms with Crippen LogP contribution in [0, 0.1) is 6.92 Å². The van der Waals surface area contributed by atoms with Crippen LogP contribution in [0.3, 0.4) is 0 Å². The number of carbonyl (C=O) groups is 1. The summed E-state index contributed by atoms with van der Waals surface area (Å²) in [6.45, 7) is 4.17. The van der Waals surface area contributed by atoms with E-state index in [9.17, 15) is 4.79 Å². The van der Waals surface area contributed by atoms with Crippen molar-refractivity contribution in [1.29, 1.82) is 0 Å². The Balaban J connectivity index is 2.30. The van der Waals surface area contributed by atoms with Crippen molar-refractivity contribution in [3.63, 3.8) is 0 Å². The summed E-state index contributed by atoms with van der Waals surface area (Å²) in [4.78, 5) is 16.5. The van der Waals surface area contributed by atoms with E-state index in [0.717, 1.165) is 5.56 Å². The van der Waals surface area contributed by atoms with E-state index in [1.807, 2.05) is 26.0 Å². The number of rotatable bonds is 4. The first kappa shape index (κ1) is 13.9. The van der Waals surface area contributed by atoms with Gasteiger partial charge in [0.25, 0.3) is 5.91 Å². The van der Waals surface area contributed by atoms with E-state index in [1.165, 1.54) is 0 Å². The fraction of sp³-hybridized carbons (Fsp3) is 0.200. The zero-order valence-electron chi connectivity index (χ0n) is 11.5. The number of hydrogen-bond donors (Lipinski definition) is 2. The second-order valence-corrected chi connectivity index (χ2v) is 4.28. The number of anilines is 2. The number of nitrogens with one attached hydrogen (secondary N) is 1. The zero-order chi connectivity index (χ0) is 14.5. The number of nitrogens with two attached hydrogens (primary N) is 1. The van der Waals surface area contributed by atoms with Crippen LogP contribution in [0.15, 0.2) is 36.5 Å². The minimum absolute atomic E-state index is 0.289. The molecule has 104 valence electrons. The van der Waals surface area contributed by atoms with Gasteiger partial charge in [-0.15, -0.1) is 0 Å². The average molecular weight is 271 g/mol. The van der Waals surface area contributed by atoms with Crippen molar-refractivity contribution in [2.45, 2.75) is 13.8 Å². The molecule has 2 rings (SSSR count). The number of para-hydroxylation sites is 1. The first-order valence-corrected chi connectivity index (χ1v) is 6.37. The molecule has 0 aliphatic carbocycles. The number of nitrogens with zero attached hydrogens (tertiary/aromatic N) is 1. The van der Waals surface area contributed by atoms with Crippen molar-refractivity contribution in [3.8, 4) is 5.75 Å². The molecule has 2 aromatic rings. The molecule has 1 aromatic heterocycles. The topological polar surface area (TPSA) is 77.2 Å². The molecule has 5 heteroatoms. The van der Waals surface area contributed by atoms with Crippen LogP contribution in [0.2, 0.25) is 0 Å². The molecular weight excluding hydrogens is 254 g/mol. The van der Waals surface area contributed by atoms with E-state index >= 15 is 0 Å². The van der Waals surface area contributed by atoms with E-state index in [4.69, 9.17) is 10.5 Å². The average Bonchev–Trinajstić information content (AvgIpc) is 2.43. The smallest absolute Gasteiger partial charge is 0.260 e. The Bertz CT molecular complexity index is 626. The Morgan fingerprint density at radius 3 is 2.85 bits per heavy atom. The Morgan fingerprint density at radius 2 is 2.15 bits per heavy atom. The summed E-state index contributed by atoms with van der Waals surface area (Å²) in [5.41, 5.74) is 7.58. The van der Waals surface area contributed by atoms with Gasteiger partial charge >= 0.3 is 0 Å². The number of pyridine rings is 1. The normalized spacial score (nSPS) is 10.1. The maximum Gasteiger partial charge on any atom is 0.260 e. The molecule has 0 aliphatic rings. The van der Waals surface area contributed by atoms with E-state index in [0.29, 0.717) is 29.4 Å². The molecule has 5 nitrogen and oxygen atoms in total. The largest absolute Gasteiger partial charge is 0.491 e. The number of aromatic nitrogens is 1. The predicted molar refractivity (Wildman–Crippen MR) is 79.0 cm³/mol. The van der Waals surface area contributed by atoms with Gasteiger partial charge in [-0.05, 0) is 37.6 Å². The highest BCUT2D eigenvalue weighted by molar-refractivity contribution is 6.07. The molecule has 20 heavy (non-hydrogen) atoms. The molecule has 1 aromatic carbocycles. The van der Waals surface area contributed by atoms with E-state index in [1.54, 1.807) is 24.4 Å². The molecule has 0 saturated heterocycles. The maximum absolute atomic E-state index is 12.3. The molecule has 0 saturated carbocycles. The van der Waals surface area contributed by atoms with Crippen molar-refractivity contribution in [2.75, 3.05) is 17.7 Å². The Hall–Kier alpha value is -2.56. The number of aryl methyl sites for hydroxylation is 1. The standard InChI is InChI=1S/C15H17N3O2/c1-3-20-13-11(7-4-8-12(13)16)15(19)18-14-10(2)6-5-9-17-14/h4-9H,3,16H2,1-2H3,(H,17,18,19). The third-order valence-corrected chi connectivity index (χ3v) is 2.82. The van der Waals surface area contributed by atoms with Crippen molar-refractivity contribution in [1.82, 2.24) is 4.98 Å². The van der Waals surface area contributed by atoms with Crippen LogP contribution in [-0.2, 0) is 0 Å². The number of ether oxygens (including phenoxy) is 1. The van der Waals surface area contributed by atoms with Gasteiger partial charge < -0.3 is 15.8 Å². The molecule has 3 N–H and O–H groups in total. The second kappa shape index (κ2) is 6.06. The Kier molecular flexibility index (Phi) is 4.20. The number of hydrogen-bond acceptors (Lipinski definition) is 4. The van der Waals surface area contributed by atoms with Crippen LogP contribution in [0.1, 0.15) is 22.8 Å². The summed E-state index contributed by atoms with van der Waals surface area (Å²) >= 11 is 0. The molecule has 0 atom stereocenters. The number of nitrogen functional groups attached to an aromatic ring is 1. The molecular formula is C15H17N3O2. The van der Waals surface area contributed by atoms with Gasteiger partial charge in [0.15, 0.2) is 5.75 Å². The molecule has 0 fully saturated rings. The van der Waals surface area contributed by atoms with Gasteiger partial charge in [0.05, 0.1) is 17.9 Å². The van der Waals surface area contributed by atoms with Crippen LogP contribution >= 0.6 is 0 Å². The molecule has 0 spiro atoms. The Morgan fingerprint density at radius 1 is 1.35 bits per heavy atom. The summed E-state index contributed by atoms with van der Waals surface area (Å²) in [6, 6.07) is 8.79. The van der Waals surface area contributed by atoms with Gasteiger partial charge in [-0.25, -0.2) is 4.98 Å². The van der Waals surface area contributed by atoms with Crippen LogP contribution in [0.25, 0.3) is 0 Å². The van der Waals surface area contributed by atoms with Crippen molar-refractivity contribution in [3.05, 3.63) is 47.7 Å². The fourth-order valence-corrected chi connectivity index (χ4v) is 1.83. The zero-order valence-corrected chi connectivity index (χ0v) is 11.5. The predicted octanol–water partition coefficient (Wildman–Crippen LogP) is 2.62. The lowest BCUT2D eigenvalue weighted by atomic mass is 10.1. The monoisotopic (exact) mass is 271 g/mol. The van der Waals surface area contributed by atoms with Crippen molar-refractivity contribution >= 4 is 17.4 Å². The van der Waals surface area contributed by atoms with Gasteiger partial charge in [-0.2, -0.15) is 0 Å². The molecule has 0 unspecified atom stereocenters. The summed E-state index contributed by atoms with van der Waals surface area (Å²) in [6.07, 6.45) is 1.63. The highest BCUT2D eigenvalue weighted by Crippen LogP contribution is 2.27. The quantitative estimate of drug-likeness (QED) is 0.838. The summed E-state index contributed by atoms with van der Waals surface area (Å²) in [5, 5.41) is 2.77. The number of amides is 1. The summed E-state index contributed by atoms with van der Waals surface area (Å²) < 4.78 is 5.45. The maximum atomic E-state index is 12.3. The van der Waals surface area contributed by atoms with Gasteiger partial charge in [0, 0.05) is 6.20 Å². The lowest BCUT2D eigenvalue weighted by molar-refractivity contribution is 0.102. The first-order valence-electron chi connectivity index (χ1n) is 6.37. The molecule has 1 amide bonds. The summed E-state index contributed by atoms with van der Waals surface area (Å²) in [5.74, 6) is 0.644. The minimum atomic E-state index is -0.289. The molecule has 0 bridgehead atoms. The summed E-state index contributed by atoms with van der Waals surface area (Å²) in [7, 11) is 0. The lowest BCUT2D eigenvalue weighted by Crippen LogP contribution is -2.16. The van der Waals surface area contributed by atoms with Gasteiger partial charge in [0.2, 0.25) is 0 Å². The fourth-order valence-electron chi connectivity index (χ4n) is 1.83. The third kappa shape index (κ3) is 2.88. The SMILES string of the molecule is CCOc1c(N)cccc1C(=O)Nc1ncccc1C. The van der Waals surface area contributed by atoms with Crippen molar-refractivity contribution in [2.24, 2.45) is 0 Å². The highest BCUT2D eigenvalue weighted by Gasteiger charge is 2.16. The Labute approximate surface area is 117 Å². The van der Waals surface area contributed by atoms with Crippen LogP contribution in [-0.4, -0.2) is 17.5 Å². The molecule has 0 radical (unpaired) electrons. The lowest BCUT2D eigenvalue weighted by Gasteiger charge is -2.13. The third-order valence-electron chi connectivity index (χ3n) is 2.82. The number of carbonyl (C=O) groups excluding carboxylic acids is 1.